The van der Waals surface area contributed by atoms with E-state index in [2.05, 4.69) is 17.5 Å². The predicted molar refractivity (Wildman–Crippen MR) is 152 cm³/mol. The van der Waals surface area contributed by atoms with Crippen LogP contribution in [0.5, 0.6) is 11.5 Å². The monoisotopic (exact) mass is 516 g/mol. The Labute approximate surface area is 227 Å². The number of nitrogens with two attached hydrogens (primary N) is 2. The number of nitrogens with zero attached hydrogens (tertiary/aromatic N) is 2. The molecule has 2 aromatic rings. The van der Waals surface area contributed by atoms with Crippen LogP contribution in [0, 0.1) is 0 Å². The van der Waals surface area contributed by atoms with Gasteiger partial charge < -0.3 is 25.4 Å². The lowest BCUT2D eigenvalue weighted by molar-refractivity contribution is 0.0247. The fourth-order valence-electron chi connectivity index (χ4n) is 3.93. The van der Waals surface area contributed by atoms with Gasteiger partial charge in [0.15, 0.2) is 0 Å². The average molecular weight is 516 g/mol. The quantitative estimate of drug-likeness (QED) is 0.0750. The minimum atomic E-state index is -1.26. The number of aliphatic hydroxyl groups excluding tert-OH is 1. The smallest absolute Gasteiger partial charge is 0.142 e. The molecule has 0 aliphatic carbocycles. The van der Waals surface area contributed by atoms with Gasteiger partial charge in [0, 0.05) is 42.9 Å². The van der Waals surface area contributed by atoms with E-state index in [-0.39, 0.29) is 6.61 Å². The fourth-order valence-corrected chi connectivity index (χ4v) is 4.05. The van der Waals surface area contributed by atoms with E-state index in [0.717, 1.165) is 24.1 Å². The van der Waals surface area contributed by atoms with E-state index in [4.69, 9.17) is 44.6 Å². The normalized spacial score (nSPS) is 17.1. The van der Waals surface area contributed by atoms with E-state index < -0.39 is 16.8 Å². The highest BCUT2D eigenvalue weighted by Gasteiger charge is 2.28. The Hall–Kier alpha value is -2.50. The number of hydrogen-bond donors (Lipinski definition) is 5. The molecule has 0 spiro atoms. The van der Waals surface area contributed by atoms with Crippen molar-refractivity contribution in [1.29, 1.82) is 0 Å². The maximum absolute atomic E-state index is 10.5. The molecule has 1 heterocycles. The summed E-state index contributed by atoms with van der Waals surface area (Å²) in [6, 6.07) is 12.5. The Morgan fingerprint density at radius 1 is 1.22 bits per heavy atom. The molecule has 0 saturated heterocycles. The summed E-state index contributed by atoms with van der Waals surface area (Å²) in [7, 11) is 17.0. The molecule has 1 aliphatic rings. The molecule has 6 radical (unpaired) electrons. The third kappa shape index (κ3) is 8.25. The summed E-state index contributed by atoms with van der Waals surface area (Å²) in [5.74, 6) is 6.21. The van der Waals surface area contributed by atoms with Crippen molar-refractivity contribution in [2.45, 2.75) is 36.7 Å². The third-order valence-electron chi connectivity index (χ3n) is 5.96. The van der Waals surface area contributed by atoms with Gasteiger partial charge in [0.2, 0.25) is 0 Å². The first-order valence-corrected chi connectivity index (χ1v) is 12.3. The van der Waals surface area contributed by atoms with Crippen molar-refractivity contribution in [1.82, 2.24) is 4.90 Å². The van der Waals surface area contributed by atoms with Crippen LogP contribution in [-0.4, -0.2) is 75.2 Å². The van der Waals surface area contributed by atoms with Crippen molar-refractivity contribution < 1.29 is 19.7 Å². The van der Waals surface area contributed by atoms with E-state index in [1.165, 1.54) is 5.01 Å². The first-order chi connectivity index (χ1) is 17.5. The molecule has 190 valence electrons. The summed E-state index contributed by atoms with van der Waals surface area (Å²) in [4.78, 5) is 2.15. The van der Waals surface area contributed by atoms with Crippen LogP contribution >= 0.6 is 12.6 Å². The van der Waals surface area contributed by atoms with E-state index in [1.807, 2.05) is 18.2 Å². The summed E-state index contributed by atoms with van der Waals surface area (Å²) in [6.45, 7) is 3.09. The van der Waals surface area contributed by atoms with Crippen molar-refractivity contribution in [3.63, 3.8) is 0 Å². The van der Waals surface area contributed by atoms with Crippen LogP contribution in [0.2, 0.25) is 0 Å². The number of hydrogen-bond acceptors (Lipinski definition) is 9. The Kier molecular flexibility index (Phi) is 10.1. The summed E-state index contributed by atoms with van der Waals surface area (Å²) in [5, 5.41) is 20.6. The molecule has 6 N–H and O–H groups in total. The maximum atomic E-state index is 10.5. The molecule has 0 fully saturated rings. The number of rotatable bonds is 11. The predicted octanol–water partition coefficient (Wildman–Crippen LogP) is 0.959. The first kappa shape index (κ1) is 29.1. The molecule has 1 aliphatic heterocycles. The van der Waals surface area contributed by atoms with E-state index in [1.54, 1.807) is 43.5 Å². The third-order valence-corrected chi connectivity index (χ3v) is 6.06. The van der Waals surface area contributed by atoms with Crippen LogP contribution in [0.4, 0.5) is 5.69 Å². The summed E-state index contributed by atoms with van der Waals surface area (Å²) in [5.41, 5.74) is 8.44. The summed E-state index contributed by atoms with van der Waals surface area (Å²) >= 11 is 4.00. The zero-order valence-electron chi connectivity index (χ0n) is 20.8. The topological polar surface area (TPSA) is 117 Å². The standard InChI is InChI=1S/C25H31B3N4O4S/c1-25(34,15-33)18-3-2-10-31(13-18)12-17-5-4-16(11-22(17)36-23(26)27)21(29)14-32(30)19-6-8-20(9-7-19)35-24(28)37/h3-9,11,14,23-24,33-34,37H,2,10,12-13,15,29-30H2,1H3/b21-14-/t24?,25-/m1/s1. The molecule has 12 heteroatoms. The minimum absolute atomic E-state index is 0.344. The zero-order chi connectivity index (χ0) is 27.2. The van der Waals surface area contributed by atoms with Crippen molar-refractivity contribution in [2.75, 3.05) is 24.7 Å². The lowest BCUT2D eigenvalue weighted by Crippen LogP contribution is -2.40. The van der Waals surface area contributed by atoms with Gasteiger partial charge in [0.25, 0.3) is 0 Å². The number of anilines is 1. The van der Waals surface area contributed by atoms with Gasteiger partial charge in [-0.2, -0.15) is 0 Å². The van der Waals surface area contributed by atoms with Crippen molar-refractivity contribution >= 4 is 47.6 Å². The molecular weight excluding hydrogens is 485 g/mol. The Bertz CT molecular complexity index is 1110. The molecular formula is C25H31B3N4O4S. The second-order valence-corrected chi connectivity index (χ2v) is 9.57. The Morgan fingerprint density at radius 3 is 2.54 bits per heavy atom. The van der Waals surface area contributed by atoms with Crippen LogP contribution in [0.25, 0.3) is 5.70 Å². The molecule has 1 unspecified atom stereocenters. The van der Waals surface area contributed by atoms with Crippen LogP contribution in [0.15, 0.2) is 60.3 Å². The number of hydrazine groups is 1. The molecule has 0 bridgehead atoms. The Morgan fingerprint density at radius 2 is 1.92 bits per heavy atom. The molecule has 3 rings (SSSR count). The molecule has 8 nitrogen and oxygen atoms in total. The van der Waals surface area contributed by atoms with Crippen molar-refractivity contribution in [3.05, 3.63) is 71.4 Å². The zero-order valence-corrected chi connectivity index (χ0v) is 21.7. The van der Waals surface area contributed by atoms with Crippen LogP contribution in [0.1, 0.15) is 24.5 Å². The SMILES string of the molecule is [B]C([B])Oc1cc(/C(N)=C/N(N)c2ccc(OC([B])S)cc2)ccc1CN1CCC=C([C@](C)(O)CO)C1. The van der Waals surface area contributed by atoms with Crippen LogP contribution < -0.4 is 26.1 Å². The van der Waals surface area contributed by atoms with Crippen molar-refractivity contribution in [3.8, 4) is 11.5 Å². The number of aliphatic hydroxyl groups is 2. The second kappa shape index (κ2) is 12.8. The van der Waals surface area contributed by atoms with Gasteiger partial charge in [0.1, 0.15) is 40.6 Å². The molecule has 37 heavy (non-hydrogen) atoms. The average Bonchev–Trinajstić information content (AvgIpc) is 2.85. The molecule has 2 atom stereocenters. The highest BCUT2D eigenvalue weighted by Crippen LogP contribution is 2.28. The van der Waals surface area contributed by atoms with E-state index in [0.29, 0.717) is 41.5 Å². The summed E-state index contributed by atoms with van der Waals surface area (Å²) < 4.78 is 11.0. The maximum Gasteiger partial charge on any atom is 0.142 e. The molecule has 2 aromatic carbocycles. The molecule has 0 aromatic heterocycles. The van der Waals surface area contributed by atoms with Gasteiger partial charge in [-0.1, -0.05) is 18.2 Å². The Balaban J connectivity index is 1.78. The van der Waals surface area contributed by atoms with Crippen LogP contribution in [-0.2, 0) is 6.54 Å². The van der Waals surface area contributed by atoms with Gasteiger partial charge in [-0.3, -0.25) is 9.91 Å². The lowest BCUT2D eigenvalue weighted by Gasteiger charge is -2.34. The van der Waals surface area contributed by atoms with Gasteiger partial charge in [-0.25, -0.2) is 5.84 Å². The fraction of sp³-hybridized carbons (Fsp3) is 0.360. The summed E-state index contributed by atoms with van der Waals surface area (Å²) in [6.07, 6.45) is 4.32. The van der Waals surface area contributed by atoms with E-state index >= 15 is 0 Å². The van der Waals surface area contributed by atoms with Crippen LogP contribution in [0.3, 0.4) is 0 Å². The van der Waals surface area contributed by atoms with Gasteiger partial charge in [-0.15, -0.1) is 12.6 Å². The second-order valence-electron chi connectivity index (χ2n) is 9.06. The largest absolute Gasteiger partial charge is 0.510 e. The molecule has 0 saturated carbocycles. The number of thiol groups is 1. The van der Waals surface area contributed by atoms with Crippen molar-refractivity contribution in [2.24, 2.45) is 11.6 Å². The van der Waals surface area contributed by atoms with Gasteiger partial charge in [0.05, 0.1) is 23.3 Å². The highest BCUT2D eigenvalue weighted by atomic mass is 32.1. The highest BCUT2D eigenvalue weighted by molar-refractivity contribution is 7.82. The van der Waals surface area contributed by atoms with E-state index in [9.17, 15) is 10.2 Å². The number of benzene rings is 2. The number of ether oxygens (including phenoxy) is 2. The first-order valence-electron chi connectivity index (χ1n) is 11.8. The van der Waals surface area contributed by atoms with Gasteiger partial charge in [-0.05, 0) is 49.2 Å². The van der Waals surface area contributed by atoms with Gasteiger partial charge >= 0.3 is 0 Å². The lowest BCUT2D eigenvalue weighted by atomic mass is 9.82. The molecule has 0 amide bonds. The minimum Gasteiger partial charge on any atom is -0.510 e.